The molecule has 0 bridgehead atoms. The second-order valence-electron chi connectivity index (χ2n) is 5.28. The molecule has 2 aromatic carbocycles. The summed E-state index contributed by atoms with van der Waals surface area (Å²) in [7, 11) is 0. The van der Waals surface area contributed by atoms with Gasteiger partial charge in [-0.25, -0.2) is 0 Å². The Kier molecular flexibility index (Phi) is 3.72. The van der Waals surface area contributed by atoms with E-state index in [4.69, 9.17) is 16.9 Å². The van der Waals surface area contributed by atoms with Crippen LogP contribution in [0.4, 0.5) is 5.69 Å². The van der Waals surface area contributed by atoms with Crippen molar-refractivity contribution in [3.63, 3.8) is 0 Å². The molecule has 0 aromatic heterocycles. The fraction of sp³-hybridized carbons (Fsp3) is 0.235. The van der Waals surface area contributed by atoms with Crippen LogP contribution in [0.1, 0.15) is 35.6 Å². The number of aryl methyl sites for hydroxylation is 1. The van der Waals surface area contributed by atoms with E-state index >= 15 is 0 Å². The molecule has 1 atom stereocenters. The van der Waals surface area contributed by atoms with Gasteiger partial charge < -0.3 is 10.4 Å². The maximum absolute atomic E-state index is 9.71. The number of nitrogens with zero attached hydrogens (tertiary/aromatic N) is 1. The predicted molar refractivity (Wildman–Crippen MR) is 83.6 cm³/mol. The summed E-state index contributed by atoms with van der Waals surface area (Å²) in [5.74, 6) is 0.286. The third-order valence-electron chi connectivity index (χ3n) is 3.87. The lowest BCUT2D eigenvalue weighted by Gasteiger charge is -2.27. The third-order valence-corrected chi connectivity index (χ3v) is 4.18. The van der Waals surface area contributed by atoms with E-state index in [1.54, 1.807) is 18.2 Å². The molecule has 3 nitrogen and oxygen atoms in total. The maximum atomic E-state index is 9.71. The van der Waals surface area contributed by atoms with E-state index in [0.29, 0.717) is 10.6 Å². The molecule has 21 heavy (non-hydrogen) atoms. The number of anilines is 1. The third kappa shape index (κ3) is 2.81. The number of phenolic OH excluding ortho intramolecular Hbond substituents is 1. The summed E-state index contributed by atoms with van der Waals surface area (Å²) in [5.41, 5.74) is 3.76. The van der Waals surface area contributed by atoms with Gasteiger partial charge in [-0.15, -0.1) is 0 Å². The summed E-state index contributed by atoms with van der Waals surface area (Å²) in [5, 5.41) is 22.6. The van der Waals surface area contributed by atoms with Crippen LogP contribution in [0.5, 0.6) is 5.75 Å². The molecule has 0 amide bonds. The van der Waals surface area contributed by atoms with Crippen molar-refractivity contribution in [2.75, 3.05) is 5.32 Å². The predicted octanol–water partition coefficient (Wildman–Crippen LogP) is 4.41. The Morgan fingerprint density at radius 3 is 2.86 bits per heavy atom. The highest BCUT2D eigenvalue weighted by Crippen LogP contribution is 2.36. The summed E-state index contributed by atoms with van der Waals surface area (Å²) in [6.07, 6.45) is 3.13. The average molecular weight is 299 g/mol. The number of fused-ring (bicyclic) bond motifs is 1. The molecule has 2 aromatic rings. The van der Waals surface area contributed by atoms with Crippen LogP contribution in [0, 0.1) is 11.3 Å². The molecule has 3 rings (SSSR count). The normalized spacial score (nSPS) is 16.9. The molecule has 1 aliphatic rings. The zero-order chi connectivity index (χ0) is 14.8. The van der Waals surface area contributed by atoms with Crippen molar-refractivity contribution in [2.24, 2.45) is 0 Å². The lowest BCUT2D eigenvalue weighted by atomic mass is 9.87. The SMILES string of the molecule is N#Cc1ccc(NC2CCCc3ccc(O)cc32)c(Cl)c1. The first-order valence-electron chi connectivity index (χ1n) is 6.95. The van der Waals surface area contributed by atoms with Crippen LogP contribution in [0.2, 0.25) is 5.02 Å². The number of halogens is 1. The van der Waals surface area contributed by atoms with Gasteiger partial charge in [0.15, 0.2) is 0 Å². The van der Waals surface area contributed by atoms with Gasteiger partial charge >= 0.3 is 0 Å². The Bertz CT molecular complexity index is 721. The van der Waals surface area contributed by atoms with Crippen LogP contribution >= 0.6 is 11.6 Å². The fourth-order valence-electron chi connectivity index (χ4n) is 2.83. The number of phenols is 1. The minimum Gasteiger partial charge on any atom is -0.508 e. The molecular weight excluding hydrogens is 284 g/mol. The minimum atomic E-state index is 0.131. The number of nitriles is 1. The van der Waals surface area contributed by atoms with E-state index in [-0.39, 0.29) is 11.8 Å². The molecule has 4 heteroatoms. The van der Waals surface area contributed by atoms with E-state index in [2.05, 4.69) is 11.4 Å². The smallest absolute Gasteiger partial charge is 0.115 e. The summed E-state index contributed by atoms with van der Waals surface area (Å²) >= 11 is 6.22. The molecule has 0 fully saturated rings. The topological polar surface area (TPSA) is 56.0 Å². The molecular formula is C17H15ClN2O. The van der Waals surface area contributed by atoms with Gasteiger partial charge in [0.05, 0.1) is 28.4 Å². The fourth-order valence-corrected chi connectivity index (χ4v) is 3.06. The van der Waals surface area contributed by atoms with Crippen molar-refractivity contribution in [3.8, 4) is 11.8 Å². The highest BCUT2D eigenvalue weighted by Gasteiger charge is 2.21. The number of hydrogen-bond acceptors (Lipinski definition) is 3. The van der Waals surface area contributed by atoms with Crippen LogP contribution in [-0.2, 0) is 6.42 Å². The summed E-state index contributed by atoms with van der Waals surface area (Å²) in [4.78, 5) is 0. The minimum absolute atomic E-state index is 0.131. The molecule has 0 heterocycles. The summed E-state index contributed by atoms with van der Waals surface area (Å²) in [6, 6.07) is 13.0. The van der Waals surface area contributed by atoms with Crippen molar-refractivity contribution in [1.82, 2.24) is 0 Å². The molecule has 1 aliphatic carbocycles. The van der Waals surface area contributed by atoms with Gasteiger partial charge in [-0.05, 0) is 60.7 Å². The molecule has 0 aliphatic heterocycles. The van der Waals surface area contributed by atoms with Crippen LogP contribution in [0.15, 0.2) is 36.4 Å². The van der Waals surface area contributed by atoms with E-state index in [1.165, 1.54) is 5.56 Å². The second-order valence-corrected chi connectivity index (χ2v) is 5.69. The number of rotatable bonds is 2. The van der Waals surface area contributed by atoms with Gasteiger partial charge in [0, 0.05) is 0 Å². The number of aromatic hydroxyl groups is 1. The Labute approximate surface area is 128 Å². The monoisotopic (exact) mass is 298 g/mol. The zero-order valence-electron chi connectivity index (χ0n) is 11.4. The number of hydrogen-bond donors (Lipinski definition) is 2. The molecule has 106 valence electrons. The first-order chi connectivity index (χ1) is 10.2. The number of nitrogens with one attached hydrogen (secondary N) is 1. The van der Waals surface area contributed by atoms with Gasteiger partial charge in [-0.3, -0.25) is 0 Å². The quantitative estimate of drug-likeness (QED) is 0.863. The van der Waals surface area contributed by atoms with Crippen LogP contribution in [0.25, 0.3) is 0 Å². The van der Waals surface area contributed by atoms with Crippen LogP contribution < -0.4 is 5.32 Å². The molecule has 2 N–H and O–H groups in total. The lowest BCUT2D eigenvalue weighted by molar-refractivity contribution is 0.471. The molecule has 0 spiro atoms. The van der Waals surface area contributed by atoms with Crippen molar-refractivity contribution >= 4 is 17.3 Å². The summed E-state index contributed by atoms with van der Waals surface area (Å²) < 4.78 is 0. The van der Waals surface area contributed by atoms with E-state index in [9.17, 15) is 5.11 Å². The summed E-state index contributed by atoms with van der Waals surface area (Å²) in [6.45, 7) is 0. The first kappa shape index (κ1) is 13.8. The van der Waals surface area contributed by atoms with Crippen molar-refractivity contribution < 1.29 is 5.11 Å². The largest absolute Gasteiger partial charge is 0.508 e. The number of benzene rings is 2. The highest BCUT2D eigenvalue weighted by molar-refractivity contribution is 6.33. The second kappa shape index (κ2) is 5.67. The van der Waals surface area contributed by atoms with Crippen LogP contribution in [-0.4, -0.2) is 5.11 Å². The average Bonchev–Trinajstić information content (AvgIpc) is 2.49. The Morgan fingerprint density at radius 2 is 2.10 bits per heavy atom. The van der Waals surface area contributed by atoms with Gasteiger partial charge in [0.1, 0.15) is 5.75 Å². The van der Waals surface area contributed by atoms with Crippen molar-refractivity contribution in [2.45, 2.75) is 25.3 Å². The van der Waals surface area contributed by atoms with Crippen LogP contribution in [0.3, 0.4) is 0 Å². The van der Waals surface area contributed by atoms with Gasteiger partial charge in [0.25, 0.3) is 0 Å². The van der Waals surface area contributed by atoms with Crippen molar-refractivity contribution in [3.05, 3.63) is 58.1 Å². The van der Waals surface area contributed by atoms with E-state index in [1.807, 2.05) is 18.2 Å². The Morgan fingerprint density at radius 1 is 1.24 bits per heavy atom. The highest BCUT2D eigenvalue weighted by atomic mass is 35.5. The Hall–Kier alpha value is -2.18. The maximum Gasteiger partial charge on any atom is 0.115 e. The van der Waals surface area contributed by atoms with Crippen molar-refractivity contribution in [1.29, 1.82) is 5.26 Å². The zero-order valence-corrected chi connectivity index (χ0v) is 12.2. The molecule has 0 saturated heterocycles. The Balaban J connectivity index is 1.90. The molecule has 0 saturated carbocycles. The molecule has 0 radical (unpaired) electrons. The van der Waals surface area contributed by atoms with E-state index < -0.39 is 0 Å². The van der Waals surface area contributed by atoms with Gasteiger partial charge in [-0.2, -0.15) is 5.26 Å². The van der Waals surface area contributed by atoms with Gasteiger partial charge in [0.2, 0.25) is 0 Å². The first-order valence-corrected chi connectivity index (χ1v) is 7.33. The lowest BCUT2D eigenvalue weighted by Crippen LogP contribution is -2.17. The van der Waals surface area contributed by atoms with E-state index in [0.717, 1.165) is 30.5 Å². The van der Waals surface area contributed by atoms with Gasteiger partial charge in [-0.1, -0.05) is 17.7 Å². The standard InChI is InChI=1S/C17H15ClN2O/c18-15-8-11(10-19)4-7-17(15)20-16-3-1-2-12-5-6-13(21)9-14(12)16/h4-9,16,20-21H,1-3H2. The molecule has 1 unspecified atom stereocenters.